The maximum atomic E-state index is 10.4. The number of phenolic OH excluding ortho intramolecular Hbond substituents is 1. The highest BCUT2D eigenvalue weighted by atomic mass is 16.5. The first-order chi connectivity index (χ1) is 14.0. The Kier molecular flexibility index (Phi) is 5.32. The Bertz CT molecular complexity index is 876. The molecule has 2 aliphatic heterocycles. The molecule has 1 aromatic carbocycles. The molecule has 0 radical (unpaired) electrons. The Morgan fingerprint density at radius 2 is 2.03 bits per heavy atom. The van der Waals surface area contributed by atoms with E-state index >= 15 is 0 Å². The number of nitrogens with zero attached hydrogens (tertiary/aromatic N) is 4. The number of benzene rings is 1. The van der Waals surface area contributed by atoms with Gasteiger partial charge in [0.1, 0.15) is 5.75 Å². The van der Waals surface area contributed by atoms with Crippen LogP contribution in [0, 0.1) is 13.8 Å². The Morgan fingerprint density at radius 3 is 2.76 bits per heavy atom. The van der Waals surface area contributed by atoms with E-state index in [1.165, 1.54) is 0 Å². The van der Waals surface area contributed by atoms with Gasteiger partial charge in [0.05, 0.1) is 38.3 Å². The topological polar surface area (TPSA) is 71.0 Å². The van der Waals surface area contributed by atoms with Crippen LogP contribution in [0.25, 0.3) is 11.3 Å². The molecule has 1 N–H and O–H groups in total. The van der Waals surface area contributed by atoms with Gasteiger partial charge in [0.2, 0.25) is 0 Å². The molecule has 1 fully saturated rings. The predicted octanol–water partition coefficient (Wildman–Crippen LogP) is 2.86. The number of aryl methyl sites for hydroxylation is 2. The van der Waals surface area contributed by atoms with Crippen LogP contribution in [0.3, 0.4) is 0 Å². The second-order valence-corrected chi connectivity index (χ2v) is 7.88. The van der Waals surface area contributed by atoms with Gasteiger partial charge in [-0.25, -0.2) is 0 Å². The van der Waals surface area contributed by atoms with E-state index in [-0.39, 0.29) is 5.75 Å². The summed E-state index contributed by atoms with van der Waals surface area (Å²) in [7, 11) is 0. The van der Waals surface area contributed by atoms with Crippen LogP contribution in [0.15, 0.2) is 36.7 Å². The first-order valence-corrected chi connectivity index (χ1v) is 10.1. The van der Waals surface area contributed by atoms with Crippen molar-refractivity contribution in [1.29, 1.82) is 0 Å². The van der Waals surface area contributed by atoms with E-state index in [4.69, 9.17) is 9.47 Å². The van der Waals surface area contributed by atoms with E-state index < -0.39 is 5.60 Å². The first-order valence-electron chi connectivity index (χ1n) is 10.1. The van der Waals surface area contributed by atoms with E-state index in [1.54, 1.807) is 12.3 Å². The molecule has 1 spiro atoms. The van der Waals surface area contributed by atoms with Crippen molar-refractivity contribution in [2.45, 2.75) is 26.4 Å². The molecule has 1 atom stereocenters. The maximum Gasteiger partial charge on any atom is 0.166 e. The summed E-state index contributed by atoms with van der Waals surface area (Å²) < 4.78 is 11.9. The minimum absolute atomic E-state index is 0.230. The van der Waals surface area contributed by atoms with Crippen molar-refractivity contribution in [2.75, 3.05) is 44.3 Å². The third-order valence-electron chi connectivity index (χ3n) is 5.53. The second-order valence-electron chi connectivity index (χ2n) is 7.88. The van der Waals surface area contributed by atoms with Crippen molar-refractivity contribution in [3.8, 4) is 17.0 Å². The Labute approximate surface area is 171 Å². The number of likely N-dealkylation sites (N-methyl/N-ethyl adjacent to an activating group) is 1. The molecule has 2 aliphatic rings. The summed E-state index contributed by atoms with van der Waals surface area (Å²) in [5.74, 6) is 1.01. The first kappa shape index (κ1) is 19.5. The van der Waals surface area contributed by atoms with Crippen molar-refractivity contribution in [2.24, 2.45) is 0 Å². The van der Waals surface area contributed by atoms with Crippen molar-refractivity contribution >= 4 is 5.82 Å². The van der Waals surface area contributed by atoms with Crippen LogP contribution < -0.4 is 4.90 Å². The van der Waals surface area contributed by atoms with Gasteiger partial charge in [0.25, 0.3) is 0 Å². The quantitative estimate of drug-likeness (QED) is 0.855. The lowest BCUT2D eigenvalue weighted by Crippen LogP contribution is -2.54. The minimum atomic E-state index is -0.423. The SMILES string of the molecule is CCN1C=COC2(COCCN(c3ccc(-c4c(C)cc(C)cc4O)nn3)C2)C1. The lowest BCUT2D eigenvalue weighted by molar-refractivity contribution is -0.0629. The van der Waals surface area contributed by atoms with Gasteiger partial charge in [0.15, 0.2) is 11.4 Å². The molecule has 0 bridgehead atoms. The summed E-state index contributed by atoms with van der Waals surface area (Å²) in [6.07, 6.45) is 3.74. The van der Waals surface area contributed by atoms with Gasteiger partial charge in [-0.05, 0) is 50.1 Å². The van der Waals surface area contributed by atoms with Gasteiger partial charge in [-0.3, -0.25) is 0 Å². The number of rotatable bonds is 3. The van der Waals surface area contributed by atoms with Crippen molar-refractivity contribution in [3.63, 3.8) is 0 Å². The van der Waals surface area contributed by atoms with Crippen molar-refractivity contribution in [1.82, 2.24) is 15.1 Å². The number of phenols is 1. The largest absolute Gasteiger partial charge is 0.507 e. The third kappa shape index (κ3) is 4.00. The van der Waals surface area contributed by atoms with Crippen LogP contribution in [0.2, 0.25) is 0 Å². The van der Waals surface area contributed by atoms with Crippen molar-refractivity contribution in [3.05, 3.63) is 47.9 Å². The highest BCUT2D eigenvalue weighted by molar-refractivity contribution is 5.71. The highest BCUT2D eigenvalue weighted by Crippen LogP contribution is 2.33. The molecular weight excluding hydrogens is 368 g/mol. The Balaban J connectivity index is 1.58. The number of hydrogen-bond donors (Lipinski definition) is 1. The van der Waals surface area contributed by atoms with Crippen LogP contribution in [-0.2, 0) is 9.47 Å². The summed E-state index contributed by atoms with van der Waals surface area (Å²) >= 11 is 0. The zero-order valence-corrected chi connectivity index (χ0v) is 17.3. The molecule has 3 heterocycles. The zero-order chi connectivity index (χ0) is 20.4. The van der Waals surface area contributed by atoms with E-state index in [0.29, 0.717) is 25.5 Å². The molecule has 1 aromatic heterocycles. The summed E-state index contributed by atoms with van der Waals surface area (Å²) in [6, 6.07) is 7.66. The van der Waals surface area contributed by atoms with Gasteiger partial charge in [-0.1, -0.05) is 6.07 Å². The monoisotopic (exact) mass is 396 g/mol. The Morgan fingerprint density at radius 1 is 1.17 bits per heavy atom. The van der Waals surface area contributed by atoms with Crippen LogP contribution in [-0.4, -0.2) is 65.2 Å². The minimum Gasteiger partial charge on any atom is -0.507 e. The third-order valence-corrected chi connectivity index (χ3v) is 5.53. The van der Waals surface area contributed by atoms with Crippen LogP contribution in [0.1, 0.15) is 18.1 Å². The molecule has 0 saturated carbocycles. The molecular formula is C22H28N4O3. The van der Waals surface area contributed by atoms with Gasteiger partial charge in [0, 0.05) is 24.9 Å². The summed E-state index contributed by atoms with van der Waals surface area (Å²) in [5, 5.41) is 19.3. The molecule has 0 aliphatic carbocycles. The normalized spacial score (nSPS) is 21.9. The summed E-state index contributed by atoms with van der Waals surface area (Å²) in [6.45, 7) is 10.3. The molecule has 2 aromatic rings. The fourth-order valence-electron chi connectivity index (χ4n) is 4.11. The lowest BCUT2D eigenvalue weighted by atomic mass is 10.0. The molecule has 0 amide bonds. The van der Waals surface area contributed by atoms with Crippen LogP contribution in [0.5, 0.6) is 5.75 Å². The lowest BCUT2D eigenvalue weighted by Gasteiger charge is -2.40. The number of hydrogen-bond acceptors (Lipinski definition) is 7. The molecule has 7 nitrogen and oxygen atoms in total. The fourth-order valence-corrected chi connectivity index (χ4v) is 4.11. The average molecular weight is 396 g/mol. The van der Waals surface area contributed by atoms with Gasteiger partial charge < -0.3 is 24.4 Å². The highest BCUT2D eigenvalue weighted by Gasteiger charge is 2.39. The van der Waals surface area contributed by atoms with Crippen molar-refractivity contribution < 1.29 is 14.6 Å². The van der Waals surface area contributed by atoms with E-state index in [2.05, 4.69) is 26.9 Å². The fraction of sp³-hybridized carbons (Fsp3) is 0.455. The molecule has 1 saturated heterocycles. The number of aromatic nitrogens is 2. The molecule has 154 valence electrons. The number of ether oxygens (including phenoxy) is 2. The van der Waals surface area contributed by atoms with E-state index in [1.807, 2.05) is 38.2 Å². The average Bonchev–Trinajstić information content (AvgIpc) is 2.90. The molecule has 4 rings (SSSR count). The predicted molar refractivity (Wildman–Crippen MR) is 112 cm³/mol. The molecule has 1 unspecified atom stereocenters. The standard InChI is InChI=1S/C22H28N4O3/c1-4-25-7-10-29-22(13-25)14-26(8-9-28-15-22)20-6-5-18(23-24-20)21-17(3)11-16(2)12-19(21)27/h5-7,10-12,27H,4,8-9,13-15H2,1-3H3. The van der Waals surface area contributed by atoms with Gasteiger partial charge in [-0.2, -0.15) is 0 Å². The van der Waals surface area contributed by atoms with Crippen LogP contribution in [0.4, 0.5) is 5.82 Å². The van der Waals surface area contributed by atoms with Gasteiger partial charge in [-0.15, -0.1) is 10.2 Å². The smallest absolute Gasteiger partial charge is 0.166 e. The second kappa shape index (κ2) is 7.91. The zero-order valence-electron chi connectivity index (χ0n) is 17.3. The number of aromatic hydroxyl groups is 1. The molecule has 7 heteroatoms. The summed E-state index contributed by atoms with van der Waals surface area (Å²) in [5.41, 5.74) is 2.97. The van der Waals surface area contributed by atoms with Crippen LogP contribution >= 0.6 is 0 Å². The molecule has 29 heavy (non-hydrogen) atoms. The van der Waals surface area contributed by atoms with E-state index in [0.717, 1.165) is 42.1 Å². The Hall–Kier alpha value is -2.80. The van der Waals surface area contributed by atoms with E-state index in [9.17, 15) is 5.11 Å². The maximum absolute atomic E-state index is 10.4. The summed E-state index contributed by atoms with van der Waals surface area (Å²) in [4.78, 5) is 4.40. The van der Waals surface area contributed by atoms with Gasteiger partial charge >= 0.3 is 0 Å². The number of anilines is 1.